The zero-order valence-corrected chi connectivity index (χ0v) is 12.5. The van der Waals surface area contributed by atoms with Gasteiger partial charge in [0.05, 0.1) is 0 Å². The number of nitrogens with one attached hydrogen (secondary N) is 1. The Bertz CT molecular complexity index is 459. The highest BCUT2D eigenvalue weighted by atomic mass is 79.9. The van der Waals surface area contributed by atoms with Gasteiger partial charge in [-0.05, 0) is 36.2 Å². The molecule has 1 N–H and O–H groups in total. The zero-order valence-electron chi connectivity index (χ0n) is 10.1. The Morgan fingerprint density at radius 2 is 1.61 bits per heavy atom. The number of hydrogen-bond acceptors (Lipinski definition) is 1. The first-order chi connectivity index (χ1) is 8.34. The van der Waals surface area contributed by atoms with Gasteiger partial charge in [0.15, 0.2) is 0 Å². The first-order valence-electron chi connectivity index (χ1n) is 5.84. The van der Waals surface area contributed by atoms with Gasteiger partial charge >= 0.3 is 0 Å². The van der Waals surface area contributed by atoms with Crippen LogP contribution in [0.25, 0.3) is 0 Å². The van der Waals surface area contributed by atoms with Crippen molar-refractivity contribution in [3.63, 3.8) is 0 Å². The van der Waals surface area contributed by atoms with Crippen LogP contribution in [0, 0.1) is 0 Å². The van der Waals surface area contributed by atoms with E-state index in [1.54, 1.807) is 0 Å². The molecule has 0 amide bonds. The summed E-state index contributed by atoms with van der Waals surface area (Å²) in [5, 5.41) is 3.46. The van der Waals surface area contributed by atoms with Crippen LogP contribution < -0.4 is 5.32 Å². The number of benzene rings is 2. The van der Waals surface area contributed by atoms with Crippen molar-refractivity contribution < 1.29 is 0 Å². The molecule has 0 saturated carbocycles. The van der Waals surface area contributed by atoms with E-state index in [2.05, 4.69) is 69.8 Å². The van der Waals surface area contributed by atoms with Gasteiger partial charge in [0.1, 0.15) is 0 Å². The molecule has 2 rings (SSSR count). The molecule has 18 heavy (non-hydrogen) atoms. The molecule has 2 aromatic rings. The summed E-state index contributed by atoms with van der Waals surface area (Å²) in [5.41, 5.74) is 2.70. The Morgan fingerprint density at radius 3 is 2.33 bits per heavy atom. The van der Waals surface area contributed by atoms with E-state index in [0.717, 1.165) is 24.0 Å². The molecule has 0 heterocycles. The fourth-order valence-electron chi connectivity index (χ4n) is 1.76. The molecule has 3 heteroatoms. The number of rotatable bonds is 5. The molecule has 0 unspecified atom stereocenters. The first-order valence-corrected chi connectivity index (χ1v) is 6.63. The van der Waals surface area contributed by atoms with Gasteiger partial charge < -0.3 is 5.32 Å². The summed E-state index contributed by atoms with van der Waals surface area (Å²) in [7, 11) is 0. The van der Waals surface area contributed by atoms with Crippen LogP contribution in [0.3, 0.4) is 0 Å². The Labute approximate surface area is 123 Å². The highest BCUT2D eigenvalue weighted by molar-refractivity contribution is 9.10. The molecule has 2 aromatic carbocycles. The van der Waals surface area contributed by atoms with Gasteiger partial charge in [-0.1, -0.05) is 58.4 Å². The highest BCUT2D eigenvalue weighted by Gasteiger charge is 1.94. The van der Waals surface area contributed by atoms with E-state index in [4.69, 9.17) is 0 Å². The van der Waals surface area contributed by atoms with E-state index < -0.39 is 0 Å². The van der Waals surface area contributed by atoms with Crippen LogP contribution in [0.1, 0.15) is 11.1 Å². The predicted octanol–water partition coefficient (Wildman–Crippen LogP) is 4.20. The molecule has 0 atom stereocenters. The van der Waals surface area contributed by atoms with Crippen molar-refractivity contribution in [2.45, 2.75) is 13.0 Å². The van der Waals surface area contributed by atoms with Crippen LogP contribution in [-0.2, 0) is 13.0 Å². The molecule has 96 valence electrons. The van der Waals surface area contributed by atoms with Crippen LogP contribution in [0.5, 0.6) is 0 Å². The van der Waals surface area contributed by atoms with Crippen molar-refractivity contribution in [2.75, 3.05) is 6.54 Å². The second-order valence-electron chi connectivity index (χ2n) is 4.04. The van der Waals surface area contributed by atoms with Crippen molar-refractivity contribution in [1.29, 1.82) is 0 Å². The van der Waals surface area contributed by atoms with E-state index in [1.807, 2.05) is 6.07 Å². The van der Waals surface area contributed by atoms with Gasteiger partial charge in [-0.15, -0.1) is 12.4 Å². The van der Waals surface area contributed by atoms with Crippen LogP contribution in [0.2, 0.25) is 0 Å². The first kappa shape index (κ1) is 15.2. The third-order valence-electron chi connectivity index (χ3n) is 2.65. The molecule has 0 aliphatic carbocycles. The molecule has 0 aliphatic rings. The largest absolute Gasteiger partial charge is 0.312 e. The van der Waals surface area contributed by atoms with Crippen molar-refractivity contribution in [2.24, 2.45) is 0 Å². The molecule has 0 aliphatic heterocycles. The molecule has 0 bridgehead atoms. The number of hydrogen-bond donors (Lipinski definition) is 1. The Balaban J connectivity index is 0.00000162. The Morgan fingerprint density at radius 1 is 0.889 bits per heavy atom. The topological polar surface area (TPSA) is 12.0 Å². The van der Waals surface area contributed by atoms with E-state index in [9.17, 15) is 0 Å². The minimum Gasteiger partial charge on any atom is -0.312 e. The van der Waals surface area contributed by atoms with E-state index in [-0.39, 0.29) is 12.4 Å². The predicted molar refractivity (Wildman–Crippen MR) is 83.2 cm³/mol. The van der Waals surface area contributed by atoms with Crippen molar-refractivity contribution >= 4 is 28.3 Å². The quantitative estimate of drug-likeness (QED) is 0.812. The minimum absolute atomic E-state index is 0. The molecule has 0 saturated heterocycles. The van der Waals surface area contributed by atoms with Gasteiger partial charge in [0.25, 0.3) is 0 Å². The molecule has 1 nitrogen and oxygen atoms in total. The summed E-state index contributed by atoms with van der Waals surface area (Å²) >= 11 is 3.48. The second-order valence-corrected chi connectivity index (χ2v) is 4.96. The lowest BCUT2D eigenvalue weighted by Gasteiger charge is -2.05. The summed E-state index contributed by atoms with van der Waals surface area (Å²) in [4.78, 5) is 0. The molecular formula is C15H17BrClN. The summed E-state index contributed by atoms with van der Waals surface area (Å²) in [6.45, 7) is 1.93. The van der Waals surface area contributed by atoms with Gasteiger partial charge in [0.2, 0.25) is 0 Å². The summed E-state index contributed by atoms with van der Waals surface area (Å²) in [5.74, 6) is 0. The fraction of sp³-hybridized carbons (Fsp3) is 0.200. The normalized spacial score (nSPS) is 9.83. The van der Waals surface area contributed by atoms with E-state index >= 15 is 0 Å². The lowest BCUT2D eigenvalue weighted by Crippen LogP contribution is -2.16. The highest BCUT2D eigenvalue weighted by Crippen LogP contribution is 2.11. The minimum atomic E-state index is 0. The lowest BCUT2D eigenvalue weighted by atomic mass is 10.1. The maximum Gasteiger partial charge on any atom is 0.0206 e. The van der Waals surface area contributed by atoms with Crippen molar-refractivity contribution in [3.05, 3.63) is 70.2 Å². The van der Waals surface area contributed by atoms with Gasteiger partial charge in [-0.25, -0.2) is 0 Å². The molecular weight excluding hydrogens is 310 g/mol. The van der Waals surface area contributed by atoms with Gasteiger partial charge in [0, 0.05) is 11.0 Å². The Kier molecular flexibility index (Phi) is 7.02. The van der Waals surface area contributed by atoms with Gasteiger partial charge in [-0.3, -0.25) is 0 Å². The lowest BCUT2D eigenvalue weighted by molar-refractivity contribution is 0.687. The smallest absolute Gasteiger partial charge is 0.0206 e. The zero-order chi connectivity index (χ0) is 11.9. The summed E-state index contributed by atoms with van der Waals surface area (Å²) in [6, 6.07) is 19.0. The maximum absolute atomic E-state index is 3.48. The SMILES string of the molecule is Brc1cccc(CNCCc2ccccc2)c1.Cl. The fourth-order valence-corrected chi connectivity index (χ4v) is 2.20. The summed E-state index contributed by atoms with van der Waals surface area (Å²) in [6.07, 6.45) is 1.08. The molecule has 0 radical (unpaired) electrons. The second kappa shape index (κ2) is 8.30. The Hall–Kier alpha value is -0.830. The average Bonchev–Trinajstić information content (AvgIpc) is 2.36. The van der Waals surface area contributed by atoms with Crippen molar-refractivity contribution in [1.82, 2.24) is 5.32 Å². The van der Waals surface area contributed by atoms with Crippen LogP contribution in [-0.4, -0.2) is 6.54 Å². The van der Waals surface area contributed by atoms with Crippen LogP contribution in [0.15, 0.2) is 59.1 Å². The van der Waals surface area contributed by atoms with Crippen molar-refractivity contribution in [3.8, 4) is 0 Å². The molecule has 0 aromatic heterocycles. The number of halogens is 2. The molecule has 0 fully saturated rings. The third-order valence-corrected chi connectivity index (χ3v) is 3.14. The van der Waals surface area contributed by atoms with Crippen LogP contribution >= 0.6 is 28.3 Å². The van der Waals surface area contributed by atoms with Gasteiger partial charge in [-0.2, -0.15) is 0 Å². The summed E-state index contributed by atoms with van der Waals surface area (Å²) < 4.78 is 1.14. The standard InChI is InChI=1S/C15H16BrN.ClH/c16-15-8-4-7-14(11-15)12-17-10-9-13-5-2-1-3-6-13;/h1-8,11,17H,9-10,12H2;1H. The van der Waals surface area contributed by atoms with E-state index in [1.165, 1.54) is 11.1 Å². The maximum atomic E-state index is 3.48. The monoisotopic (exact) mass is 325 g/mol. The third kappa shape index (κ3) is 5.21. The van der Waals surface area contributed by atoms with E-state index in [0.29, 0.717) is 0 Å². The molecule has 0 spiro atoms. The average molecular weight is 327 g/mol. The van der Waals surface area contributed by atoms with Crippen LogP contribution in [0.4, 0.5) is 0 Å².